The minimum absolute atomic E-state index is 0.110. The second-order valence-corrected chi connectivity index (χ2v) is 8.94. The van der Waals surface area contributed by atoms with Crippen LogP contribution in [0.1, 0.15) is 41.3 Å². The Bertz CT molecular complexity index is 1050. The normalized spacial score (nSPS) is 22.0. The molecule has 0 amide bonds. The van der Waals surface area contributed by atoms with Crippen LogP contribution in [0.3, 0.4) is 0 Å². The molecule has 1 spiro atoms. The minimum Gasteiger partial charge on any atom is -0.456 e. The van der Waals surface area contributed by atoms with Gasteiger partial charge in [-0.25, -0.2) is 8.78 Å². The Balaban J connectivity index is 1.71. The Morgan fingerprint density at radius 1 is 1.21 bits per heavy atom. The fraction of sp³-hybridized carbons (Fsp3) is 0.333. The Hall–Kier alpha value is -2.32. The molecular formula is C21H18F2N2O2S2. The predicted octanol–water partition coefficient (Wildman–Crippen LogP) is 5.10. The number of hydrogen-bond acceptors (Lipinski definition) is 5. The van der Waals surface area contributed by atoms with Gasteiger partial charge in [0, 0.05) is 16.9 Å². The highest BCUT2D eigenvalue weighted by atomic mass is 32.1. The van der Waals surface area contributed by atoms with Crippen molar-refractivity contribution >= 4 is 39.3 Å². The van der Waals surface area contributed by atoms with Crippen LogP contribution >= 0.6 is 23.6 Å². The highest BCUT2D eigenvalue weighted by molar-refractivity contribution is 7.80. The number of aliphatic imine (C=N–C) groups is 1. The molecule has 0 saturated carbocycles. The molecule has 0 bridgehead atoms. The number of thiocarbonyl (C=S) groups is 1. The molecule has 5 rings (SSSR count). The Morgan fingerprint density at radius 3 is 2.66 bits per heavy atom. The van der Waals surface area contributed by atoms with Crippen LogP contribution in [0.4, 0.5) is 13.8 Å². The number of ether oxygens (including phenoxy) is 2. The van der Waals surface area contributed by atoms with E-state index in [0.29, 0.717) is 17.1 Å². The van der Waals surface area contributed by atoms with Gasteiger partial charge < -0.3 is 14.8 Å². The van der Waals surface area contributed by atoms with Crippen LogP contribution in [0, 0.1) is 11.6 Å². The van der Waals surface area contributed by atoms with E-state index in [2.05, 4.69) is 10.3 Å². The summed E-state index contributed by atoms with van der Waals surface area (Å²) in [6.45, 7) is 1.82. The van der Waals surface area contributed by atoms with E-state index in [1.807, 2.05) is 6.92 Å². The van der Waals surface area contributed by atoms with Crippen LogP contribution in [-0.4, -0.2) is 22.5 Å². The summed E-state index contributed by atoms with van der Waals surface area (Å²) in [5.74, 6) is -1.97. The number of rotatable bonds is 1. The maximum atomic E-state index is 14.7. The van der Waals surface area contributed by atoms with Gasteiger partial charge in [0.1, 0.15) is 34.1 Å². The first kappa shape index (κ1) is 18.7. The molecule has 1 atom stereocenters. The number of benzene rings is 1. The van der Waals surface area contributed by atoms with Gasteiger partial charge in [0.15, 0.2) is 0 Å². The molecule has 2 aromatic rings. The van der Waals surface area contributed by atoms with Crippen LogP contribution in [0.15, 0.2) is 35.7 Å². The molecule has 150 valence electrons. The van der Waals surface area contributed by atoms with E-state index in [-0.39, 0.29) is 5.56 Å². The lowest BCUT2D eigenvalue weighted by Crippen LogP contribution is -2.31. The van der Waals surface area contributed by atoms with E-state index in [1.54, 1.807) is 12.5 Å². The second-order valence-electron chi connectivity index (χ2n) is 7.40. The van der Waals surface area contributed by atoms with Gasteiger partial charge in [0.05, 0.1) is 23.7 Å². The first-order valence-electron chi connectivity index (χ1n) is 9.46. The molecule has 8 heteroatoms. The summed E-state index contributed by atoms with van der Waals surface area (Å²) in [7, 11) is 0. The first-order valence-corrected chi connectivity index (χ1v) is 10.7. The van der Waals surface area contributed by atoms with Crippen molar-refractivity contribution in [2.75, 3.05) is 5.32 Å². The van der Waals surface area contributed by atoms with E-state index in [4.69, 9.17) is 21.7 Å². The summed E-state index contributed by atoms with van der Waals surface area (Å²) in [4.78, 5) is 6.24. The van der Waals surface area contributed by atoms with Crippen LogP contribution in [0.5, 0.6) is 0 Å². The molecule has 3 heterocycles. The third-order valence-corrected chi connectivity index (χ3v) is 7.09. The van der Waals surface area contributed by atoms with Gasteiger partial charge in [-0.3, -0.25) is 4.99 Å². The fourth-order valence-corrected chi connectivity index (χ4v) is 5.67. The van der Waals surface area contributed by atoms with Crippen LogP contribution < -0.4 is 5.32 Å². The average Bonchev–Trinajstić information content (AvgIpc) is 3.17. The Kier molecular flexibility index (Phi) is 4.43. The van der Waals surface area contributed by atoms with Crippen molar-refractivity contribution in [1.82, 2.24) is 0 Å². The molecule has 0 saturated heterocycles. The largest absolute Gasteiger partial charge is 0.456 e. The number of nitrogens with one attached hydrogen (secondary N) is 1. The van der Waals surface area contributed by atoms with Gasteiger partial charge in [0.2, 0.25) is 0 Å². The third kappa shape index (κ3) is 3.05. The monoisotopic (exact) mass is 432 g/mol. The molecule has 1 N–H and O–H groups in total. The van der Waals surface area contributed by atoms with E-state index in [0.717, 1.165) is 40.3 Å². The summed E-state index contributed by atoms with van der Waals surface area (Å²) in [5, 5.41) is 4.03. The second kappa shape index (κ2) is 6.88. The molecule has 2 aliphatic heterocycles. The zero-order valence-electron chi connectivity index (χ0n) is 15.6. The smallest absolute Gasteiger partial charge is 0.254 e. The quantitative estimate of drug-likeness (QED) is 0.637. The third-order valence-electron chi connectivity index (χ3n) is 5.50. The Labute approximate surface area is 176 Å². The molecule has 0 unspecified atom stereocenters. The first-order chi connectivity index (χ1) is 14.0. The van der Waals surface area contributed by atoms with Crippen molar-refractivity contribution in [2.24, 2.45) is 4.99 Å². The molecule has 29 heavy (non-hydrogen) atoms. The van der Waals surface area contributed by atoms with Gasteiger partial charge >= 0.3 is 0 Å². The van der Waals surface area contributed by atoms with Crippen LogP contribution in [0.2, 0.25) is 0 Å². The Morgan fingerprint density at radius 2 is 1.93 bits per heavy atom. The van der Waals surface area contributed by atoms with Crippen LogP contribution in [-0.2, 0) is 22.3 Å². The SMILES string of the molecule is C[C@@H]1N=C(c2c(F)cccc2F)c2c(sc3c2CCCC2(C3)OC=CO2)NC1=S. The molecule has 1 aromatic carbocycles. The highest BCUT2D eigenvalue weighted by Gasteiger charge is 2.41. The van der Waals surface area contributed by atoms with E-state index in [1.165, 1.54) is 29.5 Å². The average molecular weight is 433 g/mol. The molecule has 0 radical (unpaired) electrons. The van der Waals surface area contributed by atoms with Gasteiger partial charge in [-0.05, 0) is 37.5 Å². The fourth-order valence-electron chi connectivity index (χ4n) is 4.10. The molecule has 4 nitrogen and oxygen atoms in total. The predicted molar refractivity (Wildman–Crippen MR) is 113 cm³/mol. The lowest BCUT2D eigenvalue weighted by Gasteiger charge is -2.25. The van der Waals surface area contributed by atoms with E-state index in [9.17, 15) is 8.78 Å². The van der Waals surface area contributed by atoms with Crippen molar-refractivity contribution in [3.63, 3.8) is 0 Å². The van der Waals surface area contributed by atoms with Crippen molar-refractivity contribution in [2.45, 2.75) is 44.4 Å². The highest BCUT2D eigenvalue weighted by Crippen LogP contribution is 2.44. The summed E-state index contributed by atoms with van der Waals surface area (Å²) >= 11 is 7.00. The molecular weight excluding hydrogens is 414 g/mol. The van der Waals surface area contributed by atoms with Crippen molar-refractivity contribution in [1.29, 1.82) is 0 Å². The summed E-state index contributed by atoms with van der Waals surface area (Å²) in [6.07, 6.45) is 6.00. The van der Waals surface area contributed by atoms with Crippen molar-refractivity contribution in [3.05, 3.63) is 63.9 Å². The van der Waals surface area contributed by atoms with Crippen molar-refractivity contribution < 1.29 is 18.3 Å². The van der Waals surface area contributed by atoms with Gasteiger partial charge in [-0.15, -0.1) is 11.3 Å². The zero-order valence-corrected chi connectivity index (χ0v) is 17.3. The van der Waals surface area contributed by atoms with Gasteiger partial charge in [0.25, 0.3) is 5.79 Å². The molecule has 0 fully saturated rings. The number of fused-ring (bicyclic) bond motifs is 3. The van der Waals surface area contributed by atoms with E-state index < -0.39 is 23.5 Å². The number of anilines is 1. The molecule has 1 aromatic heterocycles. The number of nitrogens with zero attached hydrogens (tertiary/aromatic N) is 1. The standard InChI is InChI=1S/C21H18F2N2O2S2/c1-11-19(28)25-20-16(18(24-11)17-13(22)5-2-6-14(17)23)12-4-3-7-21(10-15(12)29-20)26-8-9-27-21/h2,5-6,8-9,11H,3-4,7,10H2,1H3,(H,25,28)/t11-/m0/s1. The number of halogens is 2. The summed E-state index contributed by atoms with van der Waals surface area (Å²) in [5.41, 5.74) is 1.98. The maximum absolute atomic E-state index is 14.7. The topological polar surface area (TPSA) is 42.9 Å². The molecule has 1 aliphatic carbocycles. The van der Waals surface area contributed by atoms with Gasteiger partial charge in [-0.1, -0.05) is 18.3 Å². The van der Waals surface area contributed by atoms with E-state index >= 15 is 0 Å². The van der Waals surface area contributed by atoms with Crippen molar-refractivity contribution in [3.8, 4) is 0 Å². The molecule has 3 aliphatic rings. The maximum Gasteiger partial charge on any atom is 0.254 e. The number of thiophene rings is 1. The van der Waals surface area contributed by atoms with Crippen LogP contribution in [0.25, 0.3) is 0 Å². The number of hydrogen-bond donors (Lipinski definition) is 1. The zero-order chi connectivity index (χ0) is 20.2. The lowest BCUT2D eigenvalue weighted by molar-refractivity contribution is -0.144. The lowest BCUT2D eigenvalue weighted by atomic mass is 9.96. The minimum atomic E-state index is -0.705. The summed E-state index contributed by atoms with van der Waals surface area (Å²) < 4.78 is 41.0. The van der Waals surface area contributed by atoms with Gasteiger partial charge in [-0.2, -0.15) is 0 Å². The summed E-state index contributed by atoms with van der Waals surface area (Å²) in [6, 6.07) is 3.48.